The molecule has 0 unspecified atom stereocenters. The number of thiocarbonyl (C=S) groups is 1. The second kappa shape index (κ2) is 11.9. The molecule has 0 aliphatic rings. The van der Waals surface area contributed by atoms with E-state index in [2.05, 4.69) is 20.6 Å². The molecule has 7 heteroatoms. The van der Waals surface area contributed by atoms with Crippen molar-refractivity contribution in [1.82, 2.24) is 20.6 Å². The van der Waals surface area contributed by atoms with Gasteiger partial charge in [0.2, 0.25) is 0 Å². The fourth-order valence-corrected chi connectivity index (χ4v) is 3.30. The number of aromatic amines is 1. The van der Waals surface area contributed by atoms with Crippen LogP contribution in [-0.2, 0) is 11.3 Å². The van der Waals surface area contributed by atoms with E-state index >= 15 is 0 Å². The lowest BCUT2D eigenvalue weighted by Crippen LogP contribution is -2.30. The second-order valence-electron chi connectivity index (χ2n) is 7.29. The van der Waals surface area contributed by atoms with Gasteiger partial charge in [-0.15, -0.1) is 0 Å². The number of hydrogen-bond acceptors (Lipinski definition) is 4. The number of rotatable bonds is 10. The molecule has 1 amide bonds. The maximum absolute atomic E-state index is 12.5. The smallest absolute Gasteiger partial charge is 0.408 e. The van der Waals surface area contributed by atoms with Crippen LogP contribution >= 0.6 is 12.2 Å². The molecule has 0 bridgehead atoms. The van der Waals surface area contributed by atoms with E-state index in [0.717, 1.165) is 53.4 Å². The molecule has 0 aliphatic heterocycles. The van der Waals surface area contributed by atoms with Crippen LogP contribution in [0.2, 0.25) is 0 Å². The maximum Gasteiger partial charge on any atom is 0.408 e. The van der Waals surface area contributed by atoms with Crippen molar-refractivity contribution < 1.29 is 9.53 Å². The van der Waals surface area contributed by atoms with Crippen LogP contribution in [0.15, 0.2) is 66.9 Å². The SMILES string of the molecule is CC(=S)NCCCC[C@H](NC(=O)OCc1ccccc1)c1ncc(-c2ccccc2)[nH]1. The number of nitrogens with one attached hydrogen (secondary N) is 3. The number of carbonyl (C=O) groups excluding carboxylic acids is 1. The number of alkyl carbamates (subject to hydrolysis) is 1. The van der Waals surface area contributed by atoms with Gasteiger partial charge in [0.25, 0.3) is 0 Å². The summed E-state index contributed by atoms with van der Waals surface area (Å²) in [5.74, 6) is 0.717. The van der Waals surface area contributed by atoms with E-state index in [9.17, 15) is 4.79 Å². The molecule has 0 aliphatic carbocycles. The number of carbonyl (C=O) groups is 1. The van der Waals surface area contributed by atoms with Gasteiger partial charge >= 0.3 is 6.09 Å². The quantitative estimate of drug-likeness (QED) is 0.302. The molecule has 1 atom stereocenters. The van der Waals surface area contributed by atoms with Gasteiger partial charge in [-0.25, -0.2) is 9.78 Å². The van der Waals surface area contributed by atoms with Crippen LogP contribution in [0.5, 0.6) is 0 Å². The Morgan fingerprint density at radius 2 is 1.81 bits per heavy atom. The predicted octanol–water partition coefficient (Wildman–Crippen LogP) is 5.15. The number of aromatic nitrogens is 2. The van der Waals surface area contributed by atoms with E-state index in [1.54, 1.807) is 6.20 Å². The third kappa shape index (κ3) is 7.53. The molecule has 0 saturated heterocycles. The molecule has 31 heavy (non-hydrogen) atoms. The molecule has 1 aromatic heterocycles. The first-order valence-electron chi connectivity index (χ1n) is 10.4. The minimum atomic E-state index is -0.459. The van der Waals surface area contributed by atoms with E-state index < -0.39 is 6.09 Å². The van der Waals surface area contributed by atoms with E-state index in [1.807, 2.05) is 67.6 Å². The lowest BCUT2D eigenvalue weighted by molar-refractivity contribution is 0.134. The predicted molar refractivity (Wildman–Crippen MR) is 127 cm³/mol. The molecule has 162 valence electrons. The lowest BCUT2D eigenvalue weighted by Gasteiger charge is -2.17. The first-order valence-corrected chi connectivity index (χ1v) is 10.8. The topological polar surface area (TPSA) is 79.0 Å². The van der Waals surface area contributed by atoms with E-state index in [1.165, 1.54) is 0 Å². The van der Waals surface area contributed by atoms with Crippen molar-refractivity contribution in [1.29, 1.82) is 0 Å². The Labute approximate surface area is 188 Å². The summed E-state index contributed by atoms with van der Waals surface area (Å²) in [5.41, 5.74) is 2.91. The monoisotopic (exact) mass is 436 g/mol. The Bertz CT molecular complexity index is 960. The summed E-state index contributed by atoms with van der Waals surface area (Å²) in [6.45, 7) is 2.91. The van der Waals surface area contributed by atoms with Crippen LogP contribution in [0, 0.1) is 0 Å². The first kappa shape index (κ1) is 22.5. The summed E-state index contributed by atoms with van der Waals surface area (Å²) >= 11 is 5.05. The summed E-state index contributed by atoms with van der Waals surface area (Å²) in [4.78, 5) is 21.1. The van der Waals surface area contributed by atoms with Crippen LogP contribution < -0.4 is 10.6 Å². The number of H-pyrrole nitrogens is 1. The number of ether oxygens (including phenoxy) is 1. The average Bonchev–Trinajstić information content (AvgIpc) is 3.28. The Hall–Kier alpha value is -3.19. The number of nitrogens with zero attached hydrogens (tertiary/aromatic N) is 1. The van der Waals surface area contributed by atoms with Gasteiger partial charge < -0.3 is 20.4 Å². The highest BCUT2D eigenvalue weighted by Crippen LogP contribution is 2.22. The second-order valence-corrected chi connectivity index (χ2v) is 7.90. The van der Waals surface area contributed by atoms with Crippen LogP contribution in [-0.4, -0.2) is 27.6 Å². The third-order valence-corrected chi connectivity index (χ3v) is 4.95. The van der Waals surface area contributed by atoms with Crippen LogP contribution in [0.25, 0.3) is 11.3 Å². The first-order chi connectivity index (χ1) is 15.1. The molecule has 0 spiro atoms. The lowest BCUT2D eigenvalue weighted by atomic mass is 10.1. The van der Waals surface area contributed by atoms with Crippen molar-refractivity contribution in [3.8, 4) is 11.3 Å². The minimum absolute atomic E-state index is 0.227. The molecule has 1 heterocycles. The highest BCUT2D eigenvalue weighted by molar-refractivity contribution is 7.80. The molecular formula is C24H28N4O2S. The Kier molecular flexibility index (Phi) is 8.60. The van der Waals surface area contributed by atoms with Crippen molar-refractivity contribution >= 4 is 23.3 Å². The minimum Gasteiger partial charge on any atom is -0.445 e. The molecule has 0 saturated carbocycles. The maximum atomic E-state index is 12.5. The summed E-state index contributed by atoms with van der Waals surface area (Å²) in [7, 11) is 0. The zero-order valence-corrected chi connectivity index (χ0v) is 18.5. The summed E-state index contributed by atoms with van der Waals surface area (Å²) < 4.78 is 5.41. The Morgan fingerprint density at radius 3 is 2.52 bits per heavy atom. The Balaban J connectivity index is 1.62. The van der Waals surface area contributed by atoms with Gasteiger partial charge in [0.05, 0.1) is 22.9 Å². The van der Waals surface area contributed by atoms with E-state index in [-0.39, 0.29) is 12.6 Å². The molecule has 3 rings (SSSR count). The number of benzene rings is 2. The van der Waals surface area contributed by atoms with Gasteiger partial charge in [-0.05, 0) is 37.3 Å². The van der Waals surface area contributed by atoms with Gasteiger partial charge in [-0.3, -0.25) is 0 Å². The zero-order valence-electron chi connectivity index (χ0n) is 17.6. The molecule has 6 nitrogen and oxygen atoms in total. The Morgan fingerprint density at radius 1 is 1.10 bits per heavy atom. The van der Waals surface area contributed by atoms with Crippen molar-refractivity contribution in [2.45, 2.75) is 38.8 Å². The largest absolute Gasteiger partial charge is 0.445 e. The molecule has 3 N–H and O–H groups in total. The zero-order chi connectivity index (χ0) is 21.9. The number of amides is 1. The summed E-state index contributed by atoms with van der Waals surface area (Å²) in [6.07, 6.45) is 3.92. The number of unbranched alkanes of at least 4 members (excludes halogenated alkanes) is 1. The fraction of sp³-hybridized carbons (Fsp3) is 0.292. The number of hydrogen-bond donors (Lipinski definition) is 3. The van der Waals surface area contributed by atoms with Crippen molar-refractivity contribution in [2.24, 2.45) is 0 Å². The highest BCUT2D eigenvalue weighted by Gasteiger charge is 2.19. The van der Waals surface area contributed by atoms with E-state index in [4.69, 9.17) is 17.0 Å². The van der Waals surface area contributed by atoms with Crippen molar-refractivity contribution in [3.05, 3.63) is 78.2 Å². The summed E-state index contributed by atoms with van der Waals surface area (Å²) in [6, 6.07) is 19.3. The summed E-state index contributed by atoms with van der Waals surface area (Å²) in [5, 5.41) is 6.13. The number of imidazole rings is 1. The fourth-order valence-electron chi connectivity index (χ4n) is 3.20. The van der Waals surface area contributed by atoms with Gasteiger partial charge in [-0.2, -0.15) is 0 Å². The van der Waals surface area contributed by atoms with Crippen molar-refractivity contribution in [2.75, 3.05) is 6.54 Å². The highest BCUT2D eigenvalue weighted by atomic mass is 32.1. The molecule has 0 radical (unpaired) electrons. The third-order valence-electron chi connectivity index (χ3n) is 4.81. The van der Waals surface area contributed by atoms with Gasteiger partial charge in [0.15, 0.2) is 0 Å². The molecule has 2 aromatic carbocycles. The van der Waals surface area contributed by atoms with Crippen LogP contribution in [0.1, 0.15) is 43.6 Å². The van der Waals surface area contributed by atoms with Gasteiger partial charge in [0.1, 0.15) is 12.4 Å². The van der Waals surface area contributed by atoms with Crippen LogP contribution in [0.4, 0.5) is 4.79 Å². The average molecular weight is 437 g/mol. The van der Waals surface area contributed by atoms with Crippen LogP contribution in [0.3, 0.4) is 0 Å². The van der Waals surface area contributed by atoms with Gasteiger partial charge in [-0.1, -0.05) is 72.9 Å². The molecule has 3 aromatic rings. The van der Waals surface area contributed by atoms with E-state index in [0.29, 0.717) is 0 Å². The van der Waals surface area contributed by atoms with Gasteiger partial charge in [0, 0.05) is 6.54 Å². The normalized spacial score (nSPS) is 11.5. The van der Waals surface area contributed by atoms with Crippen molar-refractivity contribution in [3.63, 3.8) is 0 Å². The molecular weight excluding hydrogens is 408 g/mol. The standard InChI is InChI=1S/C24H28N4O2S/c1-18(31)25-15-9-8-14-21(28-24(29)30-17-19-10-4-2-5-11-19)23-26-16-22(27-23)20-12-6-3-7-13-20/h2-7,10-13,16,21H,8-9,14-15,17H2,1H3,(H,25,31)(H,26,27)(H,28,29)/t21-/m0/s1. The molecule has 0 fully saturated rings.